The van der Waals surface area contributed by atoms with Crippen molar-refractivity contribution in [1.29, 1.82) is 0 Å². The van der Waals surface area contributed by atoms with Crippen molar-refractivity contribution in [3.8, 4) is 34.1 Å². The molecule has 0 saturated heterocycles. The van der Waals surface area contributed by atoms with E-state index in [1.54, 1.807) is 36.5 Å². The van der Waals surface area contributed by atoms with Gasteiger partial charge in [-0.05, 0) is 60.9 Å². The summed E-state index contributed by atoms with van der Waals surface area (Å²) >= 11 is 0. The van der Waals surface area contributed by atoms with Crippen LogP contribution in [0, 0.1) is 11.6 Å². The van der Waals surface area contributed by atoms with Gasteiger partial charge in [0.2, 0.25) is 0 Å². The van der Waals surface area contributed by atoms with E-state index in [-0.39, 0.29) is 22.4 Å². The quantitative estimate of drug-likeness (QED) is 0.186. The summed E-state index contributed by atoms with van der Waals surface area (Å²) in [5, 5.41) is 28.0. The Bertz CT molecular complexity index is 1760. The van der Waals surface area contributed by atoms with Gasteiger partial charge in [-0.3, -0.25) is 5.10 Å². The molecule has 0 saturated carbocycles. The number of phenols is 1. The first-order valence-electron chi connectivity index (χ1n) is 12.9. The molecule has 3 N–H and O–H groups in total. The number of H-pyrrole nitrogens is 1. The molecule has 0 radical (unpaired) electrons. The number of nitrogens with zero attached hydrogens (tertiary/aromatic N) is 2. The van der Waals surface area contributed by atoms with E-state index in [0.29, 0.717) is 40.9 Å². The van der Waals surface area contributed by atoms with Crippen LogP contribution in [0.3, 0.4) is 0 Å². The highest BCUT2D eigenvalue weighted by molar-refractivity contribution is 6.04. The van der Waals surface area contributed by atoms with Crippen LogP contribution in [-0.4, -0.2) is 45.2 Å². The number of ether oxygens (including phenoxy) is 2. The zero-order valence-corrected chi connectivity index (χ0v) is 23.0. The third kappa shape index (κ3) is 4.86. The number of methoxy groups -OCH3 is 2. The van der Waals surface area contributed by atoms with Crippen LogP contribution < -0.4 is 9.47 Å². The van der Waals surface area contributed by atoms with Crippen LogP contribution in [0.4, 0.5) is 8.78 Å². The first kappa shape index (κ1) is 27.7. The van der Waals surface area contributed by atoms with E-state index in [2.05, 4.69) is 10.2 Å². The summed E-state index contributed by atoms with van der Waals surface area (Å²) in [6, 6.07) is 13.6. The molecule has 212 valence electrons. The maximum atomic E-state index is 15.0. The molecule has 2 heterocycles. The molecule has 0 aliphatic heterocycles. The highest BCUT2D eigenvalue weighted by atomic mass is 19.1. The van der Waals surface area contributed by atoms with Gasteiger partial charge in [0.25, 0.3) is 0 Å². The topological polar surface area (TPSA) is 110 Å². The predicted octanol–water partition coefficient (Wildman–Crippen LogP) is 6.63. The first-order chi connectivity index (χ1) is 19.6. The molecule has 0 unspecified atom stereocenters. The van der Waals surface area contributed by atoms with Gasteiger partial charge in [0.05, 0.1) is 25.1 Å². The van der Waals surface area contributed by atoms with Gasteiger partial charge in [-0.15, -0.1) is 0 Å². The molecule has 3 aromatic carbocycles. The molecule has 5 aromatic rings. The first-order valence-corrected chi connectivity index (χ1v) is 12.9. The molecule has 2 aromatic heterocycles. The van der Waals surface area contributed by atoms with Gasteiger partial charge in [0.1, 0.15) is 11.3 Å². The lowest BCUT2D eigenvalue weighted by Gasteiger charge is -2.29. The fourth-order valence-electron chi connectivity index (χ4n) is 5.33. The van der Waals surface area contributed by atoms with Gasteiger partial charge in [0, 0.05) is 40.3 Å². The highest BCUT2D eigenvalue weighted by Gasteiger charge is 2.34. The highest BCUT2D eigenvalue weighted by Crippen LogP contribution is 2.48. The molecule has 0 amide bonds. The minimum atomic E-state index is -1.16. The van der Waals surface area contributed by atoms with Gasteiger partial charge in [-0.1, -0.05) is 19.9 Å². The van der Waals surface area contributed by atoms with E-state index in [9.17, 15) is 23.8 Å². The van der Waals surface area contributed by atoms with Crippen LogP contribution in [0.2, 0.25) is 0 Å². The van der Waals surface area contributed by atoms with Crippen molar-refractivity contribution in [3.05, 3.63) is 89.4 Å². The number of carboxylic acids is 1. The SMILES string of the molecule is COc1cc(-n2c(C(C)(C)CCc3ccn[nH]3)c(-c3ccc(C(=O)O)c(OC)c3)c3c(O)c(F)ccc32)ccc1F. The Morgan fingerprint density at radius 1 is 1.00 bits per heavy atom. The van der Waals surface area contributed by atoms with Crippen molar-refractivity contribution in [2.45, 2.75) is 32.1 Å². The van der Waals surface area contributed by atoms with E-state index < -0.39 is 28.8 Å². The maximum Gasteiger partial charge on any atom is 0.339 e. The van der Waals surface area contributed by atoms with Gasteiger partial charge in [-0.25, -0.2) is 13.6 Å². The van der Waals surface area contributed by atoms with Gasteiger partial charge >= 0.3 is 5.97 Å². The number of phenolic OH excluding ortho intramolecular Hbond substituents is 1. The molecule has 8 nitrogen and oxygen atoms in total. The van der Waals surface area contributed by atoms with Crippen molar-refractivity contribution in [2.24, 2.45) is 0 Å². The summed E-state index contributed by atoms with van der Waals surface area (Å²) in [4.78, 5) is 11.8. The van der Waals surface area contributed by atoms with E-state index in [1.165, 1.54) is 32.4 Å². The van der Waals surface area contributed by atoms with Crippen LogP contribution in [0.5, 0.6) is 17.2 Å². The zero-order chi connectivity index (χ0) is 29.5. The Morgan fingerprint density at radius 3 is 2.39 bits per heavy atom. The number of halogens is 2. The molecule has 0 fully saturated rings. The molecule has 0 bridgehead atoms. The summed E-state index contributed by atoms with van der Waals surface area (Å²) in [7, 11) is 2.74. The number of hydrogen-bond acceptors (Lipinski definition) is 5. The van der Waals surface area contributed by atoms with Crippen LogP contribution in [0.1, 0.15) is 42.0 Å². The Morgan fingerprint density at radius 2 is 1.73 bits per heavy atom. The number of aromatic amines is 1. The van der Waals surface area contributed by atoms with Crippen LogP contribution >= 0.6 is 0 Å². The number of nitrogens with one attached hydrogen (secondary N) is 1. The molecule has 0 aliphatic carbocycles. The third-order valence-electron chi connectivity index (χ3n) is 7.39. The summed E-state index contributed by atoms with van der Waals surface area (Å²) in [6.45, 7) is 4.04. The molecule has 0 spiro atoms. The van der Waals surface area contributed by atoms with E-state index in [4.69, 9.17) is 9.47 Å². The van der Waals surface area contributed by atoms with Crippen molar-refractivity contribution >= 4 is 16.9 Å². The number of carbonyl (C=O) groups is 1. The lowest BCUT2D eigenvalue weighted by molar-refractivity contribution is 0.0693. The Kier molecular flexibility index (Phi) is 7.17. The van der Waals surface area contributed by atoms with Crippen LogP contribution in [0.25, 0.3) is 27.7 Å². The Balaban J connectivity index is 1.89. The number of rotatable bonds is 9. The van der Waals surface area contributed by atoms with E-state index in [1.807, 2.05) is 24.5 Å². The number of hydrogen-bond donors (Lipinski definition) is 3. The second-order valence-corrected chi connectivity index (χ2v) is 10.4. The van der Waals surface area contributed by atoms with E-state index >= 15 is 0 Å². The lowest BCUT2D eigenvalue weighted by Crippen LogP contribution is -2.23. The minimum Gasteiger partial charge on any atom is -0.504 e. The molecular formula is C31H29F2N3O5. The molecule has 0 atom stereocenters. The molecule has 0 aliphatic rings. The average Bonchev–Trinajstić information content (AvgIpc) is 3.61. The largest absolute Gasteiger partial charge is 0.504 e. The van der Waals surface area contributed by atoms with Crippen molar-refractivity contribution in [3.63, 3.8) is 0 Å². The summed E-state index contributed by atoms with van der Waals surface area (Å²) < 4.78 is 42.0. The normalized spacial score (nSPS) is 11.7. The Hall–Kier alpha value is -4.86. The second-order valence-electron chi connectivity index (χ2n) is 10.4. The fraction of sp³-hybridized carbons (Fsp3) is 0.226. The minimum absolute atomic E-state index is 0.0194. The van der Waals surface area contributed by atoms with Gasteiger partial charge < -0.3 is 24.3 Å². The standard InChI is InChI=1S/C31H29F2N3O5/c1-31(2,13-11-18-12-14-34-35-18)29-26(17-5-7-20(30(38)39)24(15-17)40-3)27-23(10-9-22(33)28(27)37)36(29)19-6-8-21(32)25(16-19)41-4/h5-10,12,14-16,37H,11,13H2,1-4H3,(H,34,35)(H,38,39). The van der Waals surface area contributed by atoms with Crippen LogP contribution in [0.15, 0.2) is 60.8 Å². The van der Waals surface area contributed by atoms with Gasteiger partial charge in [0.15, 0.2) is 23.1 Å². The number of benzene rings is 3. The number of aromatic carboxylic acids is 1. The summed E-state index contributed by atoms with van der Waals surface area (Å²) in [5.41, 5.74) is 2.93. The average molecular weight is 562 g/mol. The number of aromatic hydroxyl groups is 1. The maximum absolute atomic E-state index is 15.0. The molecular weight excluding hydrogens is 532 g/mol. The van der Waals surface area contributed by atoms with Crippen molar-refractivity contribution in [2.75, 3.05) is 14.2 Å². The Labute approximate surface area is 234 Å². The van der Waals surface area contributed by atoms with Crippen molar-refractivity contribution in [1.82, 2.24) is 14.8 Å². The predicted molar refractivity (Wildman–Crippen MR) is 150 cm³/mol. The van der Waals surface area contributed by atoms with Crippen molar-refractivity contribution < 1.29 is 33.3 Å². The molecule has 10 heteroatoms. The summed E-state index contributed by atoms with van der Waals surface area (Å²) in [6.07, 6.45) is 2.90. The lowest BCUT2D eigenvalue weighted by atomic mass is 9.80. The zero-order valence-electron chi connectivity index (χ0n) is 23.0. The van der Waals surface area contributed by atoms with Crippen LogP contribution in [-0.2, 0) is 11.8 Å². The van der Waals surface area contributed by atoms with Gasteiger partial charge in [-0.2, -0.15) is 5.10 Å². The summed E-state index contributed by atoms with van der Waals surface area (Å²) in [5.74, 6) is -2.96. The fourth-order valence-corrected chi connectivity index (χ4v) is 5.33. The smallest absolute Gasteiger partial charge is 0.339 e. The third-order valence-corrected chi connectivity index (χ3v) is 7.39. The number of carboxylic acid groups (broad SMARTS) is 1. The second kappa shape index (κ2) is 10.6. The number of aromatic nitrogens is 3. The number of fused-ring (bicyclic) bond motifs is 1. The molecule has 41 heavy (non-hydrogen) atoms. The number of aryl methyl sites for hydroxylation is 1. The molecule has 5 rings (SSSR count). The monoisotopic (exact) mass is 561 g/mol. The van der Waals surface area contributed by atoms with E-state index in [0.717, 1.165) is 5.69 Å².